The van der Waals surface area contributed by atoms with E-state index in [2.05, 4.69) is 4.98 Å². The summed E-state index contributed by atoms with van der Waals surface area (Å²) in [4.78, 5) is 16.2. The van der Waals surface area contributed by atoms with E-state index < -0.39 is 5.56 Å². The van der Waals surface area contributed by atoms with Crippen molar-refractivity contribution in [2.75, 3.05) is 0 Å². The van der Waals surface area contributed by atoms with E-state index >= 15 is 0 Å². The Balaban J connectivity index is 2.48. The van der Waals surface area contributed by atoms with Gasteiger partial charge in [-0.05, 0) is 24.1 Å². The number of aryl methyl sites for hydroxylation is 1. The molecule has 0 aliphatic heterocycles. The second-order valence-corrected chi connectivity index (χ2v) is 4.59. The molecule has 5 nitrogen and oxygen atoms in total. The van der Waals surface area contributed by atoms with E-state index in [-0.39, 0.29) is 17.0 Å². The molecule has 5 heteroatoms. The molecule has 0 fully saturated rings. The molecule has 100 valence electrons. The van der Waals surface area contributed by atoms with Crippen LogP contribution in [0.2, 0.25) is 0 Å². The van der Waals surface area contributed by atoms with Crippen LogP contribution in [0.1, 0.15) is 5.56 Å². The lowest BCUT2D eigenvalue weighted by atomic mass is 10.0. The monoisotopic (exact) mass is 268 g/mol. The minimum absolute atomic E-state index is 0.0396. The van der Waals surface area contributed by atoms with Gasteiger partial charge >= 0.3 is 0 Å². The van der Waals surface area contributed by atoms with Gasteiger partial charge in [0.15, 0.2) is 5.65 Å². The summed E-state index contributed by atoms with van der Waals surface area (Å²) in [6, 6.07) is 10.4. The van der Waals surface area contributed by atoms with Crippen LogP contribution in [0.5, 0.6) is 5.75 Å². The number of hydrogen-bond acceptors (Lipinski definition) is 4. The topological polar surface area (TPSA) is 75.4 Å². The summed E-state index contributed by atoms with van der Waals surface area (Å²) in [5, 5.41) is 20.7. The van der Waals surface area contributed by atoms with E-state index in [0.717, 1.165) is 5.56 Å². The van der Waals surface area contributed by atoms with Crippen molar-refractivity contribution in [3.8, 4) is 16.9 Å². The summed E-state index contributed by atoms with van der Waals surface area (Å²) >= 11 is 0. The van der Waals surface area contributed by atoms with Gasteiger partial charge in [-0.1, -0.05) is 30.3 Å². The van der Waals surface area contributed by atoms with Gasteiger partial charge in [0.25, 0.3) is 5.56 Å². The third kappa shape index (κ3) is 1.72. The highest BCUT2D eigenvalue weighted by Crippen LogP contribution is 2.32. The van der Waals surface area contributed by atoms with Crippen LogP contribution in [-0.4, -0.2) is 20.0 Å². The average Bonchev–Trinajstić information content (AvgIpc) is 2.46. The van der Waals surface area contributed by atoms with E-state index in [1.807, 2.05) is 13.0 Å². The average molecular weight is 268 g/mol. The van der Waals surface area contributed by atoms with Crippen LogP contribution < -0.4 is 5.56 Å². The van der Waals surface area contributed by atoms with Crippen molar-refractivity contribution in [2.24, 2.45) is 0 Å². The van der Waals surface area contributed by atoms with Crippen molar-refractivity contribution >= 4 is 11.0 Å². The number of aromatic nitrogens is 2. The maximum absolute atomic E-state index is 12.2. The molecular weight excluding hydrogens is 256 g/mol. The molecule has 3 rings (SSSR count). The lowest BCUT2D eigenvalue weighted by Crippen LogP contribution is -2.21. The maximum atomic E-state index is 12.2. The highest BCUT2D eigenvalue weighted by Gasteiger charge is 2.18. The van der Waals surface area contributed by atoms with Crippen LogP contribution >= 0.6 is 0 Å². The lowest BCUT2D eigenvalue weighted by Gasteiger charge is -2.10. The number of hydrogen-bond donors (Lipinski definition) is 2. The summed E-state index contributed by atoms with van der Waals surface area (Å²) in [6.45, 7) is 1.82. The van der Waals surface area contributed by atoms with Gasteiger partial charge in [0.1, 0.15) is 5.75 Å². The molecule has 0 aliphatic carbocycles. The molecule has 0 amide bonds. The van der Waals surface area contributed by atoms with Gasteiger partial charge in [-0.3, -0.25) is 4.79 Å². The second kappa shape index (κ2) is 4.38. The van der Waals surface area contributed by atoms with Crippen molar-refractivity contribution in [3.05, 3.63) is 58.5 Å². The zero-order chi connectivity index (χ0) is 14.3. The van der Waals surface area contributed by atoms with Crippen molar-refractivity contribution in [2.45, 2.75) is 6.92 Å². The second-order valence-electron chi connectivity index (χ2n) is 4.59. The molecule has 0 saturated heterocycles. The molecule has 1 aromatic carbocycles. The summed E-state index contributed by atoms with van der Waals surface area (Å²) in [7, 11) is 0. The first-order valence-corrected chi connectivity index (χ1v) is 6.08. The van der Waals surface area contributed by atoms with E-state index in [0.29, 0.717) is 15.7 Å². The fourth-order valence-corrected chi connectivity index (χ4v) is 2.21. The molecule has 2 heterocycles. The standard InChI is InChI=1S/C15H12N2O3/c1-9-7-11-13(18)12(10-5-3-2-4-6-10)15(19)17(20)14(11)16-8-9/h2-8,18,20H,1H3. The van der Waals surface area contributed by atoms with Crippen LogP contribution in [0.4, 0.5) is 0 Å². The van der Waals surface area contributed by atoms with Crippen LogP contribution in [0, 0.1) is 6.92 Å². The van der Waals surface area contributed by atoms with E-state index in [1.54, 1.807) is 30.3 Å². The molecule has 3 aromatic rings. The fraction of sp³-hybridized carbons (Fsp3) is 0.0667. The summed E-state index contributed by atoms with van der Waals surface area (Å²) in [5.74, 6) is -0.169. The van der Waals surface area contributed by atoms with Crippen LogP contribution in [0.25, 0.3) is 22.2 Å². The first-order chi connectivity index (χ1) is 9.59. The van der Waals surface area contributed by atoms with Crippen molar-refractivity contribution < 1.29 is 10.3 Å². The lowest BCUT2D eigenvalue weighted by molar-refractivity contribution is 0.186. The minimum Gasteiger partial charge on any atom is -0.506 e. The highest BCUT2D eigenvalue weighted by atomic mass is 16.5. The minimum atomic E-state index is -0.697. The van der Waals surface area contributed by atoms with Gasteiger partial charge in [-0.15, -0.1) is 4.73 Å². The van der Waals surface area contributed by atoms with Crippen molar-refractivity contribution in [1.29, 1.82) is 0 Å². The zero-order valence-electron chi connectivity index (χ0n) is 10.7. The number of fused-ring (bicyclic) bond motifs is 1. The normalized spacial score (nSPS) is 10.8. The Kier molecular flexibility index (Phi) is 2.68. The number of benzene rings is 1. The fourth-order valence-electron chi connectivity index (χ4n) is 2.21. The molecular formula is C15H12N2O3. The summed E-state index contributed by atoms with van der Waals surface area (Å²) in [5.41, 5.74) is 0.773. The molecule has 0 radical (unpaired) electrons. The van der Waals surface area contributed by atoms with E-state index in [4.69, 9.17) is 0 Å². The summed E-state index contributed by atoms with van der Waals surface area (Å²) < 4.78 is 0.469. The molecule has 0 spiro atoms. The number of pyridine rings is 2. The Morgan fingerprint density at radius 3 is 2.60 bits per heavy atom. The first-order valence-electron chi connectivity index (χ1n) is 6.08. The predicted octanol–water partition coefficient (Wildman–Crippen LogP) is 2.31. The Hall–Kier alpha value is -2.82. The number of rotatable bonds is 1. The molecule has 0 saturated carbocycles. The number of aromatic hydroxyl groups is 1. The smallest absolute Gasteiger partial charge is 0.296 e. The molecule has 20 heavy (non-hydrogen) atoms. The SMILES string of the molecule is Cc1cnc2c(c1)c(O)c(-c1ccccc1)c(=O)n2O. The van der Waals surface area contributed by atoms with E-state index in [1.165, 1.54) is 6.20 Å². The first kappa shape index (κ1) is 12.2. The Morgan fingerprint density at radius 2 is 1.90 bits per heavy atom. The number of nitrogens with zero attached hydrogens (tertiary/aromatic N) is 2. The Labute approximate surface area is 114 Å². The largest absolute Gasteiger partial charge is 0.506 e. The van der Waals surface area contributed by atoms with Crippen molar-refractivity contribution in [1.82, 2.24) is 9.71 Å². The van der Waals surface area contributed by atoms with Crippen LogP contribution in [-0.2, 0) is 0 Å². The predicted molar refractivity (Wildman–Crippen MR) is 75.0 cm³/mol. The zero-order valence-corrected chi connectivity index (χ0v) is 10.7. The Bertz CT molecular complexity index is 854. The maximum Gasteiger partial charge on any atom is 0.296 e. The quantitative estimate of drug-likeness (QED) is 0.664. The highest BCUT2D eigenvalue weighted by molar-refractivity contribution is 5.90. The molecule has 2 N–H and O–H groups in total. The molecule has 2 aromatic heterocycles. The van der Waals surface area contributed by atoms with Gasteiger partial charge in [0.05, 0.1) is 10.9 Å². The van der Waals surface area contributed by atoms with E-state index in [9.17, 15) is 15.1 Å². The van der Waals surface area contributed by atoms with Gasteiger partial charge in [0.2, 0.25) is 0 Å². The van der Waals surface area contributed by atoms with Gasteiger partial charge in [0, 0.05) is 6.20 Å². The Morgan fingerprint density at radius 1 is 1.20 bits per heavy atom. The van der Waals surface area contributed by atoms with Gasteiger partial charge in [-0.2, -0.15) is 0 Å². The molecule has 0 atom stereocenters. The molecule has 0 aliphatic rings. The van der Waals surface area contributed by atoms with Crippen molar-refractivity contribution in [3.63, 3.8) is 0 Å². The third-order valence-corrected chi connectivity index (χ3v) is 3.16. The molecule has 0 bridgehead atoms. The summed E-state index contributed by atoms with van der Waals surface area (Å²) in [6.07, 6.45) is 1.52. The van der Waals surface area contributed by atoms with Crippen LogP contribution in [0.15, 0.2) is 47.4 Å². The van der Waals surface area contributed by atoms with Gasteiger partial charge < -0.3 is 10.3 Å². The third-order valence-electron chi connectivity index (χ3n) is 3.16. The molecule has 0 unspecified atom stereocenters. The van der Waals surface area contributed by atoms with Crippen LogP contribution in [0.3, 0.4) is 0 Å². The van der Waals surface area contributed by atoms with Gasteiger partial charge in [-0.25, -0.2) is 4.98 Å².